The number of pyridine rings is 1. The largest absolute Gasteiger partial charge is 0.489 e. The fourth-order valence-corrected chi connectivity index (χ4v) is 3.49. The van der Waals surface area contributed by atoms with Crippen LogP contribution in [0.5, 0.6) is 5.75 Å². The van der Waals surface area contributed by atoms with Crippen molar-refractivity contribution in [2.45, 2.75) is 20.5 Å². The average molecular weight is 407 g/mol. The number of hydrogen-bond acceptors (Lipinski definition) is 4. The van der Waals surface area contributed by atoms with Crippen LogP contribution in [0.15, 0.2) is 41.9 Å². The van der Waals surface area contributed by atoms with Crippen molar-refractivity contribution in [3.05, 3.63) is 73.5 Å². The Morgan fingerprint density at radius 2 is 2.04 bits per heavy atom. The number of carbonyl (C=O) groups excluding carboxylic acids is 1. The number of rotatable bonds is 5. The first-order valence-corrected chi connectivity index (χ1v) is 9.46. The lowest BCUT2D eigenvalue weighted by atomic mass is 10.1. The minimum absolute atomic E-state index is 0.273. The summed E-state index contributed by atoms with van der Waals surface area (Å²) in [6.07, 6.45) is 1.43. The molecule has 7 heteroatoms. The van der Waals surface area contributed by atoms with E-state index in [1.165, 1.54) is 23.6 Å². The van der Waals surface area contributed by atoms with E-state index in [-0.39, 0.29) is 11.7 Å². The van der Waals surface area contributed by atoms with Gasteiger partial charge in [0.15, 0.2) is 5.82 Å². The second kappa shape index (κ2) is 8.08. The van der Waals surface area contributed by atoms with Crippen molar-refractivity contribution in [2.24, 2.45) is 0 Å². The summed E-state index contributed by atoms with van der Waals surface area (Å²) in [5.74, 6) is 0.853. The quantitative estimate of drug-likeness (QED) is 0.573. The molecule has 1 amide bonds. The first kappa shape index (κ1) is 18.7. The summed E-state index contributed by atoms with van der Waals surface area (Å²) in [7, 11) is 0. The summed E-state index contributed by atoms with van der Waals surface area (Å²) in [5, 5.41) is 5.29. The highest BCUT2D eigenvalue weighted by Gasteiger charge is 2.13. The van der Waals surface area contributed by atoms with Crippen LogP contribution < -0.4 is 10.1 Å². The van der Waals surface area contributed by atoms with Gasteiger partial charge in [0, 0.05) is 11.8 Å². The summed E-state index contributed by atoms with van der Waals surface area (Å²) < 4.78 is 5.87. The van der Waals surface area contributed by atoms with E-state index in [2.05, 4.69) is 10.3 Å². The average Bonchev–Trinajstić information content (AvgIpc) is 3.07. The maximum atomic E-state index is 12.4. The van der Waals surface area contributed by atoms with Crippen LogP contribution in [0.2, 0.25) is 10.0 Å². The van der Waals surface area contributed by atoms with Crippen LogP contribution in [0, 0.1) is 13.8 Å². The number of benzene rings is 1. The Balaban J connectivity index is 1.65. The lowest BCUT2D eigenvalue weighted by Gasteiger charge is -2.09. The zero-order valence-corrected chi connectivity index (χ0v) is 16.5. The van der Waals surface area contributed by atoms with E-state index in [0.717, 1.165) is 22.4 Å². The summed E-state index contributed by atoms with van der Waals surface area (Å²) in [5.41, 5.74) is 3.15. The number of hydrogen-bond donors (Lipinski definition) is 1. The van der Waals surface area contributed by atoms with Gasteiger partial charge < -0.3 is 10.1 Å². The van der Waals surface area contributed by atoms with Crippen molar-refractivity contribution >= 4 is 46.3 Å². The number of nitrogens with one attached hydrogen (secondary N) is 1. The third kappa shape index (κ3) is 4.55. The normalized spacial score (nSPS) is 10.6. The SMILES string of the molecule is Cc1ccc(C)c(OCc2csc(C(=O)Nc3ncc(Cl)cc3Cl)c2)c1. The molecule has 0 saturated carbocycles. The molecule has 0 unspecified atom stereocenters. The van der Waals surface area contributed by atoms with Crippen LogP contribution in [0.1, 0.15) is 26.4 Å². The topological polar surface area (TPSA) is 51.2 Å². The van der Waals surface area contributed by atoms with Crippen LogP contribution in [0.4, 0.5) is 5.82 Å². The van der Waals surface area contributed by atoms with Crippen LogP contribution >= 0.6 is 34.5 Å². The lowest BCUT2D eigenvalue weighted by Crippen LogP contribution is -2.11. The number of aromatic nitrogens is 1. The molecule has 0 aliphatic heterocycles. The van der Waals surface area contributed by atoms with Gasteiger partial charge >= 0.3 is 0 Å². The zero-order chi connectivity index (χ0) is 18.7. The Labute approximate surface area is 165 Å². The fraction of sp³-hybridized carbons (Fsp3) is 0.158. The Morgan fingerprint density at radius 3 is 2.81 bits per heavy atom. The Kier molecular flexibility index (Phi) is 5.81. The van der Waals surface area contributed by atoms with Gasteiger partial charge in [-0.25, -0.2) is 4.98 Å². The van der Waals surface area contributed by atoms with Gasteiger partial charge in [-0.1, -0.05) is 35.3 Å². The summed E-state index contributed by atoms with van der Waals surface area (Å²) in [6, 6.07) is 9.41. The van der Waals surface area contributed by atoms with Gasteiger partial charge in [-0.2, -0.15) is 0 Å². The van der Waals surface area contributed by atoms with E-state index in [0.29, 0.717) is 21.5 Å². The predicted molar refractivity (Wildman–Crippen MR) is 107 cm³/mol. The maximum Gasteiger partial charge on any atom is 0.266 e. The molecule has 26 heavy (non-hydrogen) atoms. The molecule has 0 fully saturated rings. The number of thiophene rings is 1. The monoisotopic (exact) mass is 406 g/mol. The van der Waals surface area contributed by atoms with Crippen LogP contribution in [0.25, 0.3) is 0 Å². The van der Waals surface area contributed by atoms with Crippen molar-refractivity contribution in [1.29, 1.82) is 0 Å². The molecule has 2 aromatic heterocycles. The van der Waals surface area contributed by atoms with Crippen LogP contribution in [-0.4, -0.2) is 10.9 Å². The van der Waals surface area contributed by atoms with Gasteiger partial charge in [0.05, 0.1) is 14.9 Å². The molecule has 0 spiro atoms. The maximum absolute atomic E-state index is 12.4. The molecule has 0 bridgehead atoms. The van der Waals surface area contributed by atoms with E-state index in [1.807, 2.05) is 37.4 Å². The van der Waals surface area contributed by atoms with Crippen molar-refractivity contribution in [3.8, 4) is 5.75 Å². The number of ether oxygens (including phenoxy) is 1. The van der Waals surface area contributed by atoms with E-state index >= 15 is 0 Å². The van der Waals surface area contributed by atoms with Crippen molar-refractivity contribution in [3.63, 3.8) is 0 Å². The van der Waals surface area contributed by atoms with Crippen molar-refractivity contribution in [2.75, 3.05) is 5.32 Å². The minimum Gasteiger partial charge on any atom is -0.489 e. The molecular formula is C19H16Cl2N2O2S. The van der Waals surface area contributed by atoms with Gasteiger partial charge in [-0.3, -0.25) is 4.79 Å². The molecule has 2 heterocycles. The highest BCUT2D eigenvalue weighted by molar-refractivity contribution is 7.12. The van der Waals surface area contributed by atoms with E-state index in [4.69, 9.17) is 27.9 Å². The highest BCUT2D eigenvalue weighted by Crippen LogP contribution is 2.25. The number of halogens is 2. The number of anilines is 1. The number of carbonyl (C=O) groups is 1. The third-order valence-corrected chi connectivity index (χ3v) is 5.13. The van der Waals surface area contributed by atoms with Gasteiger partial charge in [-0.15, -0.1) is 11.3 Å². The molecule has 0 atom stereocenters. The number of nitrogens with zero attached hydrogens (tertiary/aromatic N) is 1. The van der Waals surface area contributed by atoms with Crippen molar-refractivity contribution in [1.82, 2.24) is 4.98 Å². The van der Waals surface area contributed by atoms with Gasteiger partial charge in [-0.05, 0) is 48.6 Å². The molecule has 0 aliphatic carbocycles. The predicted octanol–water partition coefficient (Wildman–Crippen LogP) is 5.90. The summed E-state index contributed by atoms with van der Waals surface area (Å²) in [6.45, 7) is 4.42. The second-order valence-corrected chi connectivity index (χ2v) is 7.57. The summed E-state index contributed by atoms with van der Waals surface area (Å²) in [4.78, 5) is 16.9. The molecule has 134 valence electrons. The van der Waals surface area contributed by atoms with E-state index in [9.17, 15) is 4.79 Å². The van der Waals surface area contributed by atoms with Gasteiger partial charge in [0.2, 0.25) is 0 Å². The smallest absolute Gasteiger partial charge is 0.266 e. The standard InChI is InChI=1S/C19H16Cl2N2O2S/c1-11-3-4-12(2)16(5-11)25-9-13-6-17(26-10-13)19(24)23-18-15(21)7-14(20)8-22-18/h3-8,10H,9H2,1-2H3,(H,22,23,24). The van der Waals surface area contributed by atoms with E-state index < -0.39 is 0 Å². The molecule has 4 nitrogen and oxygen atoms in total. The zero-order valence-electron chi connectivity index (χ0n) is 14.2. The fourth-order valence-electron chi connectivity index (χ4n) is 2.27. The molecule has 0 saturated heterocycles. The van der Waals surface area contributed by atoms with E-state index in [1.54, 1.807) is 6.07 Å². The molecular weight excluding hydrogens is 391 g/mol. The molecule has 1 aromatic carbocycles. The van der Waals surface area contributed by atoms with Crippen LogP contribution in [-0.2, 0) is 6.61 Å². The molecule has 0 aliphatic rings. The third-order valence-electron chi connectivity index (χ3n) is 3.66. The number of amides is 1. The molecule has 0 radical (unpaired) electrons. The highest BCUT2D eigenvalue weighted by atomic mass is 35.5. The Hall–Kier alpha value is -2.08. The first-order valence-electron chi connectivity index (χ1n) is 7.82. The second-order valence-electron chi connectivity index (χ2n) is 5.81. The molecule has 3 rings (SSSR count). The molecule has 3 aromatic rings. The lowest BCUT2D eigenvalue weighted by molar-refractivity contribution is 0.103. The Bertz CT molecular complexity index is 956. The first-order chi connectivity index (χ1) is 12.4. The van der Waals surface area contributed by atoms with Gasteiger partial charge in [0.25, 0.3) is 5.91 Å². The number of aryl methyl sites for hydroxylation is 2. The van der Waals surface area contributed by atoms with Gasteiger partial charge in [0.1, 0.15) is 12.4 Å². The van der Waals surface area contributed by atoms with Crippen LogP contribution in [0.3, 0.4) is 0 Å². The molecule has 1 N–H and O–H groups in total. The minimum atomic E-state index is -0.273. The summed E-state index contributed by atoms with van der Waals surface area (Å²) >= 11 is 13.2. The Morgan fingerprint density at radius 1 is 1.23 bits per heavy atom. The van der Waals surface area contributed by atoms with Crippen molar-refractivity contribution < 1.29 is 9.53 Å².